The first kappa shape index (κ1) is 18.7. The number of nitrogens with one attached hydrogen (secondary N) is 1. The molecule has 5 rings (SSSR count). The number of benzene rings is 2. The number of ketones is 1. The molecule has 5 nitrogen and oxygen atoms in total. The first-order valence-corrected chi connectivity index (χ1v) is 10.2. The zero-order valence-electron chi connectivity index (χ0n) is 17.4. The molecule has 152 valence electrons. The summed E-state index contributed by atoms with van der Waals surface area (Å²) in [5.41, 5.74) is 7.00. The standard InChI is InChI=1S/C25H24N2O3/c1-14-5-4-6-17(11-14)23-22-15(2)27-30-25(22)26-20-12-18(13-21(28)24(20)23)16-7-9-19(29-3)10-8-16/h4-11,18,23,26H,12-13H2,1-3H3/t18-,23-/m1/s1. The molecule has 1 aromatic heterocycles. The van der Waals surface area contributed by atoms with Crippen LogP contribution in [0.3, 0.4) is 0 Å². The van der Waals surface area contributed by atoms with E-state index in [-0.39, 0.29) is 17.6 Å². The van der Waals surface area contributed by atoms with Crippen LogP contribution in [0.5, 0.6) is 5.75 Å². The number of methoxy groups -OCH3 is 1. The second kappa shape index (κ2) is 7.17. The third kappa shape index (κ3) is 3.02. The normalized spacial score (nSPS) is 20.4. The smallest absolute Gasteiger partial charge is 0.233 e. The van der Waals surface area contributed by atoms with E-state index in [0.29, 0.717) is 12.3 Å². The monoisotopic (exact) mass is 400 g/mol. The third-order valence-corrected chi connectivity index (χ3v) is 6.22. The summed E-state index contributed by atoms with van der Waals surface area (Å²) in [7, 11) is 1.66. The van der Waals surface area contributed by atoms with Crippen molar-refractivity contribution >= 4 is 11.7 Å². The lowest BCUT2D eigenvalue weighted by molar-refractivity contribution is -0.116. The van der Waals surface area contributed by atoms with E-state index < -0.39 is 0 Å². The second-order valence-electron chi connectivity index (χ2n) is 8.18. The zero-order valence-corrected chi connectivity index (χ0v) is 17.4. The van der Waals surface area contributed by atoms with Crippen LogP contribution in [0.4, 0.5) is 5.88 Å². The number of hydrogen-bond donors (Lipinski definition) is 1. The van der Waals surface area contributed by atoms with Crippen LogP contribution in [0.2, 0.25) is 0 Å². The molecule has 0 bridgehead atoms. The summed E-state index contributed by atoms with van der Waals surface area (Å²) >= 11 is 0. The van der Waals surface area contributed by atoms with Crippen molar-refractivity contribution in [3.05, 3.63) is 87.7 Å². The molecule has 0 spiro atoms. The summed E-state index contributed by atoms with van der Waals surface area (Å²) in [6, 6.07) is 16.4. The molecule has 1 aliphatic heterocycles. The average molecular weight is 400 g/mol. The molecule has 1 N–H and O–H groups in total. The lowest BCUT2D eigenvalue weighted by atomic mass is 9.72. The highest BCUT2D eigenvalue weighted by Gasteiger charge is 2.41. The van der Waals surface area contributed by atoms with Gasteiger partial charge in [-0.3, -0.25) is 4.79 Å². The largest absolute Gasteiger partial charge is 0.497 e. The Kier molecular flexibility index (Phi) is 4.46. The molecule has 5 heteroatoms. The van der Waals surface area contributed by atoms with Gasteiger partial charge >= 0.3 is 0 Å². The molecule has 2 atom stereocenters. The first-order chi connectivity index (χ1) is 14.5. The Balaban J connectivity index is 1.59. The number of ether oxygens (including phenoxy) is 1. The summed E-state index contributed by atoms with van der Waals surface area (Å²) < 4.78 is 10.9. The Bertz CT molecular complexity index is 1160. The van der Waals surface area contributed by atoms with Gasteiger partial charge in [0, 0.05) is 23.6 Å². The van der Waals surface area contributed by atoms with E-state index in [2.05, 4.69) is 35.6 Å². The van der Waals surface area contributed by atoms with Crippen LogP contribution in [0, 0.1) is 13.8 Å². The van der Waals surface area contributed by atoms with E-state index in [9.17, 15) is 4.79 Å². The van der Waals surface area contributed by atoms with Crippen LogP contribution in [0.15, 0.2) is 64.3 Å². The van der Waals surface area contributed by atoms with E-state index in [1.807, 2.05) is 37.3 Å². The molecular weight excluding hydrogens is 376 g/mol. The maximum atomic E-state index is 13.5. The molecule has 0 amide bonds. The summed E-state index contributed by atoms with van der Waals surface area (Å²) in [4.78, 5) is 13.5. The molecule has 2 aromatic carbocycles. The Morgan fingerprint density at radius 3 is 2.60 bits per heavy atom. The van der Waals surface area contributed by atoms with Crippen molar-refractivity contribution in [1.82, 2.24) is 5.16 Å². The van der Waals surface area contributed by atoms with Gasteiger partial charge in [-0.2, -0.15) is 0 Å². The number of Topliss-reactive ketones (excluding diaryl/α,β-unsaturated/α-hetero) is 1. The van der Waals surface area contributed by atoms with Gasteiger partial charge in [0.15, 0.2) is 5.78 Å². The van der Waals surface area contributed by atoms with Crippen LogP contribution in [0.1, 0.15) is 52.6 Å². The van der Waals surface area contributed by atoms with Crippen molar-refractivity contribution in [3.63, 3.8) is 0 Å². The van der Waals surface area contributed by atoms with Gasteiger partial charge in [0.25, 0.3) is 0 Å². The van der Waals surface area contributed by atoms with E-state index in [0.717, 1.165) is 45.8 Å². The van der Waals surface area contributed by atoms with Crippen molar-refractivity contribution in [2.75, 3.05) is 12.4 Å². The van der Waals surface area contributed by atoms with Gasteiger partial charge in [-0.25, -0.2) is 0 Å². The molecule has 30 heavy (non-hydrogen) atoms. The van der Waals surface area contributed by atoms with Gasteiger partial charge in [-0.1, -0.05) is 47.1 Å². The second-order valence-corrected chi connectivity index (χ2v) is 8.18. The van der Waals surface area contributed by atoms with Crippen LogP contribution in [-0.4, -0.2) is 18.0 Å². The lowest BCUT2D eigenvalue weighted by Gasteiger charge is -2.34. The van der Waals surface area contributed by atoms with Crippen LogP contribution < -0.4 is 10.1 Å². The minimum absolute atomic E-state index is 0.124. The number of nitrogens with zero attached hydrogens (tertiary/aromatic N) is 1. The molecule has 0 fully saturated rings. The Labute approximate surface area is 175 Å². The minimum atomic E-state index is -0.147. The van der Waals surface area contributed by atoms with E-state index >= 15 is 0 Å². The number of rotatable bonds is 3. The number of carbonyl (C=O) groups is 1. The number of aryl methyl sites for hydroxylation is 2. The summed E-state index contributed by atoms with van der Waals surface area (Å²) in [6.45, 7) is 4.01. The van der Waals surface area contributed by atoms with Crippen molar-refractivity contribution in [2.45, 2.75) is 38.5 Å². The highest BCUT2D eigenvalue weighted by Crippen LogP contribution is 2.49. The fraction of sp³-hybridized carbons (Fsp3) is 0.280. The predicted octanol–water partition coefficient (Wildman–Crippen LogP) is 5.26. The summed E-state index contributed by atoms with van der Waals surface area (Å²) in [6.07, 6.45) is 1.25. The average Bonchev–Trinajstić information content (AvgIpc) is 3.12. The quantitative estimate of drug-likeness (QED) is 0.650. The minimum Gasteiger partial charge on any atom is -0.497 e. The predicted molar refractivity (Wildman–Crippen MR) is 115 cm³/mol. The zero-order chi connectivity index (χ0) is 20.8. The van der Waals surface area contributed by atoms with Crippen molar-refractivity contribution in [1.29, 1.82) is 0 Å². The van der Waals surface area contributed by atoms with E-state index in [4.69, 9.17) is 9.26 Å². The lowest BCUT2D eigenvalue weighted by Crippen LogP contribution is -2.29. The van der Waals surface area contributed by atoms with Crippen LogP contribution in [-0.2, 0) is 4.79 Å². The van der Waals surface area contributed by atoms with Gasteiger partial charge in [-0.15, -0.1) is 0 Å². The molecule has 2 heterocycles. The fourth-order valence-corrected chi connectivity index (χ4v) is 4.77. The van der Waals surface area contributed by atoms with Gasteiger partial charge in [0.2, 0.25) is 5.88 Å². The third-order valence-electron chi connectivity index (χ3n) is 6.22. The van der Waals surface area contributed by atoms with E-state index in [1.165, 1.54) is 5.56 Å². The van der Waals surface area contributed by atoms with Crippen LogP contribution in [0.25, 0.3) is 0 Å². The number of hydrogen-bond acceptors (Lipinski definition) is 5. The molecule has 0 saturated carbocycles. The molecule has 0 radical (unpaired) electrons. The number of fused-ring (bicyclic) bond motifs is 1. The molecular formula is C25H24N2O3. The number of allylic oxidation sites excluding steroid dienone is 2. The van der Waals surface area contributed by atoms with E-state index in [1.54, 1.807) is 7.11 Å². The van der Waals surface area contributed by atoms with Crippen molar-refractivity contribution < 1.29 is 14.1 Å². The topological polar surface area (TPSA) is 64.4 Å². The molecule has 3 aromatic rings. The number of carbonyl (C=O) groups excluding carboxylic acids is 1. The fourth-order valence-electron chi connectivity index (χ4n) is 4.77. The van der Waals surface area contributed by atoms with Gasteiger partial charge in [0.1, 0.15) is 5.75 Å². The molecule has 1 aliphatic carbocycles. The van der Waals surface area contributed by atoms with Gasteiger partial charge < -0.3 is 14.6 Å². The molecule has 2 aliphatic rings. The van der Waals surface area contributed by atoms with Gasteiger partial charge in [0.05, 0.1) is 18.4 Å². The number of aromatic nitrogens is 1. The maximum absolute atomic E-state index is 13.5. The Hall–Kier alpha value is -3.34. The summed E-state index contributed by atoms with van der Waals surface area (Å²) in [5.74, 6) is 1.63. The first-order valence-electron chi connectivity index (χ1n) is 10.2. The maximum Gasteiger partial charge on any atom is 0.233 e. The number of anilines is 1. The summed E-state index contributed by atoms with van der Waals surface area (Å²) in [5, 5.41) is 7.58. The molecule has 0 saturated heterocycles. The SMILES string of the molecule is COc1ccc([C@H]2CC(=O)C3=C(C2)Nc2onc(C)c2[C@H]3c2cccc(C)c2)cc1. The van der Waals surface area contributed by atoms with Crippen molar-refractivity contribution in [3.8, 4) is 5.75 Å². The highest BCUT2D eigenvalue weighted by atomic mass is 16.5. The highest BCUT2D eigenvalue weighted by molar-refractivity contribution is 6.01. The molecule has 0 unspecified atom stereocenters. The van der Waals surface area contributed by atoms with Crippen LogP contribution >= 0.6 is 0 Å². The Morgan fingerprint density at radius 1 is 1.07 bits per heavy atom. The Morgan fingerprint density at radius 2 is 1.87 bits per heavy atom. The van der Waals surface area contributed by atoms with Gasteiger partial charge in [-0.05, 0) is 49.4 Å². The van der Waals surface area contributed by atoms with Crippen molar-refractivity contribution in [2.24, 2.45) is 0 Å².